The molecule has 0 aliphatic heterocycles. The Bertz CT molecular complexity index is 157. The van der Waals surface area contributed by atoms with Crippen molar-refractivity contribution in [1.82, 2.24) is 0 Å². The van der Waals surface area contributed by atoms with Crippen LogP contribution in [0.1, 0.15) is 0 Å². The van der Waals surface area contributed by atoms with E-state index >= 15 is 0 Å². The van der Waals surface area contributed by atoms with Crippen molar-refractivity contribution in [3.63, 3.8) is 0 Å². The van der Waals surface area contributed by atoms with Gasteiger partial charge in [-0.1, -0.05) is 0 Å². The Balaban J connectivity index is -0.0000000320. The molecule has 0 heterocycles. The predicted octanol–water partition coefficient (Wildman–Crippen LogP) is -6.58. The molecule has 6 N–H and O–H groups in total. The van der Waals surface area contributed by atoms with Crippen molar-refractivity contribution in [2.75, 3.05) is 0 Å². The molecule has 0 aliphatic carbocycles. The Morgan fingerprint density at radius 3 is 0.857 bits per heavy atom. The zero-order valence-electron chi connectivity index (χ0n) is 6.67. The smallest absolute Gasteiger partial charge is 0.790 e. The van der Waals surface area contributed by atoms with Gasteiger partial charge in [-0.05, 0) is 0 Å². The first kappa shape index (κ1) is 36.1. The van der Waals surface area contributed by atoms with Gasteiger partial charge in [-0.3, -0.25) is 0 Å². The van der Waals surface area contributed by atoms with E-state index in [1.165, 1.54) is 0 Å². The fourth-order valence-electron chi connectivity index (χ4n) is 0.122. The zero-order chi connectivity index (χ0) is 7.71. The van der Waals surface area contributed by atoms with Gasteiger partial charge in [-0.15, -0.1) is 0 Å². The maximum atomic E-state index is 9.32. The van der Waals surface area contributed by atoms with Gasteiger partial charge in [0.05, 0.1) is 15.6 Å². The van der Waals surface area contributed by atoms with Gasteiger partial charge in [0.2, 0.25) is 0 Å². The van der Waals surface area contributed by atoms with Crippen molar-refractivity contribution in [3.05, 3.63) is 0 Å². The minimum absolute atomic E-state index is 0. The van der Waals surface area contributed by atoms with Crippen LogP contribution in [0, 0.1) is 0 Å². The number of hydrogen-bond acceptors (Lipinski definition) is 7. The average molecular weight is 277 g/mol. The molecule has 14 heteroatoms. The van der Waals surface area contributed by atoms with E-state index in [1.54, 1.807) is 0 Å². The summed E-state index contributed by atoms with van der Waals surface area (Å²) >= 11 is 0. The van der Waals surface area contributed by atoms with Gasteiger partial charge in [0.25, 0.3) is 0 Å². The Morgan fingerprint density at radius 2 is 0.857 bits per heavy atom. The molecule has 14 heavy (non-hydrogen) atoms. The van der Waals surface area contributed by atoms with Crippen LogP contribution in [0.5, 0.6) is 0 Å². The summed E-state index contributed by atoms with van der Waals surface area (Å²) in [5.41, 5.74) is 0. The van der Waals surface area contributed by atoms with Crippen LogP contribution in [0.2, 0.25) is 0 Å². The topological polar surface area (TPSA) is 230 Å². The van der Waals surface area contributed by atoms with Gasteiger partial charge < -0.3 is 49.4 Å². The van der Waals surface area contributed by atoms with Crippen LogP contribution in [0.4, 0.5) is 0 Å². The van der Waals surface area contributed by atoms with Gasteiger partial charge in [0, 0.05) is 0 Å². The standard InChI is InChI=1S/2Mg.H4O7P2.3H2O/c;;1-8(2,3)7-9(4,5)6;;;/h;;(H2,1,2,3)(H2,4,5,6);3*1H2/q2*+2;;;;/p-4. The minimum atomic E-state index is -5.68. The second-order valence-electron chi connectivity index (χ2n) is 0.976. The van der Waals surface area contributed by atoms with E-state index in [1.807, 2.05) is 0 Å². The van der Waals surface area contributed by atoms with Crippen LogP contribution in [0.25, 0.3) is 0 Å². The van der Waals surface area contributed by atoms with E-state index in [9.17, 15) is 28.7 Å². The average Bonchev–Trinajstić information content (AvgIpc) is 1.14. The van der Waals surface area contributed by atoms with E-state index < -0.39 is 15.6 Å². The quantitative estimate of drug-likeness (QED) is 0.349. The molecule has 0 fully saturated rings. The van der Waals surface area contributed by atoms with E-state index in [2.05, 4.69) is 4.31 Å². The summed E-state index contributed by atoms with van der Waals surface area (Å²) in [4.78, 5) is 37.3. The number of phosphoric acid groups is 2. The van der Waals surface area contributed by atoms with Crippen LogP contribution in [0.15, 0.2) is 0 Å². The Labute approximate surface area is 111 Å². The van der Waals surface area contributed by atoms with Crippen molar-refractivity contribution in [2.45, 2.75) is 0 Å². The molecule has 0 aromatic heterocycles. The van der Waals surface area contributed by atoms with Gasteiger partial charge in [-0.25, -0.2) is 0 Å². The van der Waals surface area contributed by atoms with Crippen LogP contribution in [-0.2, 0) is 13.4 Å². The summed E-state index contributed by atoms with van der Waals surface area (Å²) in [7, 11) is -11.4. The summed E-state index contributed by atoms with van der Waals surface area (Å²) in [6.07, 6.45) is 0. The fourth-order valence-corrected chi connectivity index (χ4v) is 1.10. The maximum Gasteiger partial charge on any atom is 2.00 e. The molecule has 0 spiro atoms. The molecule has 0 saturated heterocycles. The molecule has 0 atom stereocenters. The van der Waals surface area contributed by atoms with Crippen molar-refractivity contribution in [2.24, 2.45) is 0 Å². The predicted molar refractivity (Wildman–Crippen MR) is 38.6 cm³/mol. The molecular formula is H6Mg2O10P2. The van der Waals surface area contributed by atoms with Crippen molar-refractivity contribution < 1.29 is 49.4 Å². The molecule has 0 saturated carbocycles. The minimum Gasteiger partial charge on any atom is -0.790 e. The van der Waals surface area contributed by atoms with E-state index in [-0.39, 0.29) is 62.5 Å². The van der Waals surface area contributed by atoms with Crippen LogP contribution in [-0.4, -0.2) is 62.5 Å². The number of rotatable bonds is 2. The maximum absolute atomic E-state index is 9.32. The van der Waals surface area contributed by atoms with Gasteiger partial charge in [-0.2, -0.15) is 0 Å². The van der Waals surface area contributed by atoms with E-state index in [0.29, 0.717) is 0 Å². The first-order valence-electron chi connectivity index (χ1n) is 1.46. The molecule has 0 unspecified atom stereocenters. The molecule has 0 aromatic rings. The Morgan fingerprint density at radius 1 is 0.714 bits per heavy atom. The summed E-state index contributed by atoms with van der Waals surface area (Å²) in [5.74, 6) is 0. The van der Waals surface area contributed by atoms with Gasteiger partial charge in [0.1, 0.15) is 0 Å². The largest absolute Gasteiger partial charge is 2.00 e. The Kier molecular flexibility index (Phi) is 32.8. The molecule has 0 amide bonds. The molecule has 0 rings (SSSR count). The zero-order valence-corrected chi connectivity index (χ0v) is 11.3. The molecule has 0 aromatic carbocycles. The summed E-state index contributed by atoms with van der Waals surface area (Å²) < 4.78 is 21.2. The summed E-state index contributed by atoms with van der Waals surface area (Å²) in [5, 5.41) is 0. The summed E-state index contributed by atoms with van der Waals surface area (Å²) in [6.45, 7) is 0. The molecule has 0 bridgehead atoms. The number of hydrogen-bond donors (Lipinski definition) is 0. The van der Waals surface area contributed by atoms with Crippen molar-refractivity contribution in [1.29, 1.82) is 0 Å². The molecule has 10 nitrogen and oxygen atoms in total. The Hall–Kier alpha value is 1.67. The molecule has 80 valence electrons. The third kappa shape index (κ3) is 37.3. The fraction of sp³-hybridized carbons (Fsp3) is 0. The van der Waals surface area contributed by atoms with Crippen LogP contribution in [0.3, 0.4) is 0 Å². The van der Waals surface area contributed by atoms with Gasteiger partial charge >= 0.3 is 46.1 Å². The molecule has 0 radical (unpaired) electrons. The van der Waals surface area contributed by atoms with E-state index in [4.69, 9.17) is 0 Å². The second kappa shape index (κ2) is 12.7. The third-order valence-corrected chi connectivity index (χ3v) is 1.80. The summed E-state index contributed by atoms with van der Waals surface area (Å²) in [6, 6.07) is 0. The van der Waals surface area contributed by atoms with Gasteiger partial charge in [0.15, 0.2) is 0 Å². The molecular weight excluding hydrogens is 271 g/mol. The van der Waals surface area contributed by atoms with Crippen LogP contribution >= 0.6 is 15.6 Å². The van der Waals surface area contributed by atoms with E-state index in [0.717, 1.165) is 0 Å². The third-order valence-electron chi connectivity index (χ3n) is 0.200. The van der Waals surface area contributed by atoms with Crippen molar-refractivity contribution >= 4 is 61.8 Å². The first-order chi connectivity index (χ1) is 3.71. The normalized spacial score (nSPS) is 8.86. The molecule has 0 aliphatic rings. The van der Waals surface area contributed by atoms with Crippen molar-refractivity contribution in [3.8, 4) is 0 Å². The second-order valence-corrected chi connectivity index (χ2v) is 3.42. The first-order valence-corrected chi connectivity index (χ1v) is 4.38. The SMILES string of the molecule is O.O.O.O=P([O-])([O-])OP(=O)([O-])[O-].[Mg+2].[Mg+2]. The monoisotopic (exact) mass is 276 g/mol. The van der Waals surface area contributed by atoms with Crippen LogP contribution < -0.4 is 19.6 Å².